The molecule has 230 valence electrons. The van der Waals surface area contributed by atoms with Crippen LogP contribution >= 0.6 is 0 Å². The van der Waals surface area contributed by atoms with E-state index in [0.29, 0.717) is 12.8 Å². The Balaban J connectivity index is 2.06. The second-order valence-electron chi connectivity index (χ2n) is 11.7. The van der Waals surface area contributed by atoms with E-state index in [-0.39, 0.29) is 12.8 Å². The van der Waals surface area contributed by atoms with Crippen LogP contribution in [-0.2, 0) is 41.5 Å². The van der Waals surface area contributed by atoms with Crippen molar-refractivity contribution in [2.75, 3.05) is 0 Å². The largest absolute Gasteiger partial charge is 0.845 e. The third-order valence-corrected chi connectivity index (χ3v) is 6.60. The van der Waals surface area contributed by atoms with Crippen LogP contribution in [0, 0.1) is 0 Å². The fraction of sp³-hybridized carbons (Fsp3) is 0.500. The number of esters is 2. The van der Waals surface area contributed by atoms with Crippen LogP contribution in [0.3, 0.4) is 0 Å². The minimum absolute atomic E-state index is 0.151. The predicted octanol–water partition coefficient (Wildman–Crippen LogP) is 1.99. The smallest absolute Gasteiger partial charge is 0.329 e. The zero-order valence-electron chi connectivity index (χ0n) is 25.2. The Morgan fingerprint density at radius 1 is 0.714 bits per heavy atom. The molecular weight excluding hydrogens is 540 g/mol. The molecule has 0 spiro atoms. The van der Waals surface area contributed by atoms with E-state index in [1.807, 2.05) is 60.7 Å². The van der Waals surface area contributed by atoms with Crippen molar-refractivity contribution in [2.24, 2.45) is 0 Å². The number of hydrogen-bond acceptors (Lipinski definition) is 8. The lowest BCUT2D eigenvalue weighted by atomic mass is 9.93. The zero-order chi connectivity index (χ0) is 31.5. The van der Waals surface area contributed by atoms with Crippen molar-refractivity contribution >= 4 is 23.8 Å². The average molecular weight is 584 g/mol. The first-order valence-electron chi connectivity index (χ1n) is 14.1. The molecule has 0 aromatic heterocycles. The van der Waals surface area contributed by atoms with Gasteiger partial charge in [0.1, 0.15) is 29.4 Å². The molecule has 0 aliphatic heterocycles. The topological polar surface area (TPSA) is 154 Å². The normalized spacial score (nSPS) is 14.6. The maximum Gasteiger partial charge on any atom is 0.329 e. The van der Waals surface area contributed by atoms with E-state index in [1.54, 1.807) is 27.7 Å². The van der Waals surface area contributed by atoms with Gasteiger partial charge in [0.2, 0.25) is 11.8 Å². The summed E-state index contributed by atoms with van der Waals surface area (Å²) in [6, 6.07) is 16.1. The number of rotatable bonds is 15. The van der Waals surface area contributed by atoms with Crippen LogP contribution in [0.15, 0.2) is 60.7 Å². The van der Waals surface area contributed by atoms with E-state index >= 15 is 0 Å². The Bertz CT molecular complexity index is 1090. The minimum Gasteiger partial charge on any atom is -0.845 e. The lowest BCUT2D eigenvalue weighted by Gasteiger charge is -2.33. The summed E-state index contributed by atoms with van der Waals surface area (Å²) in [5, 5.41) is 26.3. The maximum atomic E-state index is 13.2. The molecule has 2 aromatic carbocycles. The molecule has 0 radical (unpaired) electrons. The van der Waals surface area contributed by atoms with Crippen molar-refractivity contribution in [2.45, 2.75) is 103 Å². The lowest BCUT2D eigenvalue weighted by molar-refractivity contribution is -0.398. The molecule has 0 heterocycles. The van der Waals surface area contributed by atoms with Crippen molar-refractivity contribution in [3.8, 4) is 0 Å². The van der Waals surface area contributed by atoms with E-state index < -0.39 is 59.2 Å². The molecule has 0 fully saturated rings. The van der Waals surface area contributed by atoms with Crippen molar-refractivity contribution in [1.29, 1.82) is 0 Å². The van der Waals surface area contributed by atoms with Gasteiger partial charge in [0, 0.05) is 12.8 Å². The number of benzene rings is 2. The van der Waals surface area contributed by atoms with E-state index in [4.69, 9.17) is 9.47 Å². The predicted molar refractivity (Wildman–Crippen MR) is 155 cm³/mol. The Kier molecular flexibility index (Phi) is 12.7. The molecule has 42 heavy (non-hydrogen) atoms. The lowest BCUT2D eigenvalue weighted by Crippen LogP contribution is -2.51. The molecule has 3 N–H and O–H groups in total. The van der Waals surface area contributed by atoms with Crippen molar-refractivity contribution in [1.82, 2.24) is 10.6 Å². The van der Waals surface area contributed by atoms with E-state index in [9.17, 15) is 29.4 Å². The Morgan fingerprint density at radius 3 is 1.40 bits per heavy atom. The highest BCUT2D eigenvalue weighted by Gasteiger charge is 2.34. The van der Waals surface area contributed by atoms with Crippen LogP contribution in [0.1, 0.15) is 65.5 Å². The van der Waals surface area contributed by atoms with Gasteiger partial charge in [0.25, 0.3) is 0 Å². The Hall–Kier alpha value is -3.76. The zero-order valence-corrected chi connectivity index (χ0v) is 25.2. The average Bonchev–Trinajstić information content (AvgIpc) is 2.91. The second kappa shape index (κ2) is 15.5. The molecule has 10 heteroatoms. The third kappa shape index (κ3) is 12.0. The molecule has 4 atom stereocenters. The molecule has 0 bridgehead atoms. The molecule has 0 aliphatic carbocycles. The first kappa shape index (κ1) is 34.4. The summed E-state index contributed by atoms with van der Waals surface area (Å²) in [7, 11) is 0. The quantitative estimate of drug-likeness (QED) is 0.269. The van der Waals surface area contributed by atoms with Crippen LogP contribution in [0.2, 0.25) is 0 Å². The van der Waals surface area contributed by atoms with Crippen LogP contribution < -0.4 is 15.7 Å². The van der Waals surface area contributed by atoms with Gasteiger partial charge in [-0.2, -0.15) is 0 Å². The van der Waals surface area contributed by atoms with Gasteiger partial charge < -0.3 is 30.3 Å². The van der Waals surface area contributed by atoms with Crippen LogP contribution in [0.25, 0.3) is 0 Å². The SMILES string of the molecule is CC([O-])C(=O)N[C@@H](Cc1ccccc1)C(=O)OC(C)(C)CCC(C)(C)OC(=O)[C@H](Cc1ccccc1)NC(=O)[C@H](C)O. The summed E-state index contributed by atoms with van der Waals surface area (Å²) in [5.74, 6) is -2.84. The van der Waals surface area contributed by atoms with Crippen LogP contribution in [0.4, 0.5) is 0 Å². The molecule has 2 aromatic rings. The van der Waals surface area contributed by atoms with Crippen molar-refractivity contribution in [3.05, 3.63) is 71.8 Å². The molecule has 0 saturated heterocycles. The summed E-state index contributed by atoms with van der Waals surface area (Å²) in [6.07, 6.45) is -1.92. The summed E-state index contributed by atoms with van der Waals surface area (Å²) >= 11 is 0. The second-order valence-corrected chi connectivity index (χ2v) is 11.7. The van der Waals surface area contributed by atoms with Gasteiger partial charge in [-0.15, -0.1) is 0 Å². The summed E-state index contributed by atoms with van der Waals surface area (Å²) < 4.78 is 11.6. The van der Waals surface area contributed by atoms with Gasteiger partial charge >= 0.3 is 11.9 Å². The number of carbonyl (C=O) groups is 4. The van der Waals surface area contributed by atoms with Gasteiger partial charge in [0.05, 0.1) is 0 Å². The molecule has 1 unspecified atom stereocenters. The highest BCUT2D eigenvalue weighted by molar-refractivity contribution is 5.87. The van der Waals surface area contributed by atoms with Crippen molar-refractivity contribution in [3.63, 3.8) is 0 Å². The monoisotopic (exact) mass is 583 g/mol. The van der Waals surface area contributed by atoms with Crippen LogP contribution in [0.5, 0.6) is 0 Å². The maximum absolute atomic E-state index is 13.2. The number of ether oxygens (including phenoxy) is 2. The van der Waals surface area contributed by atoms with Gasteiger partial charge in [-0.05, 0) is 64.7 Å². The number of amides is 2. The fourth-order valence-corrected chi connectivity index (χ4v) is 4.06. The first-order chi connectivity index (χ1) is 19.6. The standard InChI is InChI=1S/C32H43N2O8/c1-21(35)27(37)33-25(19-23-13-9-7-10-14-23)29(39)41-31(3,4)17-18-32(5,6)42-30(40)26(34-28(38)22(2)36)20-24-15-11-8-12-16-24/h7-16,21-22,25-26,35H,17-20H2,1-6H3,(H,33,37)(H,34,38)/q-1/t21-,22?,25-,26-/m0/s1. The highest BCUT2D eigenvalue weighted by Crippen LogP contribution is 2.26. The summed E-state index contributed by atoms with van der Waals surface area (Å²) in [4.78, 5) is 50.6. The molecular formula is C32H43N2O8-. The number of hydrogen-bond donors (Lipinski definition) is 3. The van der Waals surface area contributed by atoms with Gasteiger partial charge in [0.15, 0.2) is 0 Å². The minimum atomic E-state index is -1.55. The Morgan fingerprint density at radius 2 is 1.07 bits per heavy atom. The molecule has 2 amide bonds. The number of aliphatic hydroxyl groups is 1. The van der Waals surface area contributed by atoms with Gasteiger partial charge in [-0.25, -0.2) is 9.59 Å². The number of nitrogens with one attached hydrogen (secondary N) is 2. The van der Waals surface area contributed by atoms with Crippen molar-refractivity contribution < 1.29 is 38.9 Å². The van der Waals surface area contributed by atoms with E-state index in [0.717, 1.165) is 11.1 Å². The molecule has 2 rings (SSSR count). The highest BCUT2D eigenvalue weighted by atomic mass is 16.6. The first-order valence-corrected chi connectivity index (χ1v) is 14.1. The number of aliphatic hydroxyl groups excluding tert-OH is 1. The molecule has 10 nitrogen and oxygen atoms in total. The summed E-state index contributed by atoms with van der Waals surface area (Å²) in [6.45, 7) is 9.36. The fourth-order valence-electron chi connectivity index (χ4n) is 4.06. The van der Waals surface area contributed by atoms with Gasteiger partial charge in [-0.3, -0.25) is 9.59 Å². The van der Waals surface area contributed by atoms with Gasteiger partial charge in [-0.1, -0.05) is 67.6 Å². The van der Waals surface area contributed by atoms with E-state index in [2.05, 4.69) is 10.6 Å². The number of carbonyl (C=O) groups excluding carboxylic acids is 4. The molecule has 0 aliphatic rings. The summed E-state index contributed by atoms with van der Waals surface area (Å²) in [5.41, 5.74) is -0.411. The third-order valence-electron chi connectivity index (χ3n) is 6.60. The van der Waals surface area contributed by atoms with Crippen LogP contribution in [-0.4, -0.2) is 64.4 Å². The van der Waals surface area contributed by atoms with E-state index in [1.165, 1.54) is 13.8 Å². The molecule has 0 saturated carbocycles. The Labute approximate surface area is 247 Å².